The first-order valence-electron chi connectivity index (χ1n) is 8.03. The minimum Gasteiger partial charge on any atom is -0.407 e. The van der Waals surface area contributed by atoms with Crippen LogP contribution in [0.15, 0.2) is 24.5 Å². The zero-order chi connectivity index (χ0) is 17.0. The summed E-state index contributed by atoms with van der Waals surface area (Å²) in [5, 5.41) is 9.18. The normalized spacial score (nSPS) is 11.9. The second kappa shape index (κ2) is 7.16. The maximum Gasteiger partial charge on any atom is 0.495 e. The number of rotatable bonds is 7. The predicted octanol–water partition coefficient (Wildman–Crippen LogP) is 2.78. The van der Waals surface area contributed by atoms with Gasteiger partial charge in [0, 0.05) is 18.4 Å². The smallest absolute Gasteiger partial charge is 0.407 e. The van der Waals surface area contributed by atoms with E-state index in [1.165, 1.54) is 0 Å². The average Bonchev–Trinajstić information content (AvgIpc) is 2.93. The van der Waals surface area contributed by atoms with Crippen LogP contribution >= 0.6 is 0 Å². The van der Waals surface area contributed by atoms with Gasteiger partial charge in [0.2, 0.25) is 0 Å². The summed E-state index contributed by atoms with van der Waals surface area (Å²) in [7, 11) is -0.467. The van der Waals surface area contributed by atoms with Crippen LogP contribution < -0.4 is 5.46 Å². The number of hydrogen-bond donors (Lipinski definition) is 0. The summed E-state index contributed by atoms with van der Waals surface area (Å²) in [5.41, 5.74) is 1.83. The molecule has 2 aromatic rings. The quantitative estimate of drug-likeness (QED) is 0.738. The van der Waals surface area contributed by atoms with Gasteiger partial charge in [-0.05, 0) is 37.7 Å². The third-order valence-corrected chi connectivity index (χ3v) is 3.77. The topological polar surface area (TPSA) is 59.5 Å². The van der Waals surface area contributed by atoms with Crippen molar-refractivity contribution in [3.63, 3.8) is 0 Å². The van der Waals surface area contributed by atoms with Gasteiger partial charge >= 0.3 is 7.12 Å². The Balaban J connectivity index is 2.35. The molecule has 0 atom stereocenters. The van der Waals surface area contributed by atoms with Gasteiger partial charge in [-0.15, -0.1) is 0 Å². The van der Waals surface area contributed by atoms with Gasteiger partial charge in [0.05, 0.1) is 6.20 Å². The molecule has 23 heavy (non-hydrogen) atoms. The second-order valence-corrected chi connectivity index (χ2v) is 6.74. The molecule has 0 bridgehead atoms. The van der Waals surface area contributed by atoms with E-state index >= 15 is 0 Å². The van der Waals surface area contributed by atoms with E-state index in [9.17, 15) is 5.26 Å². The number of fused-ring (bicyclic) bond motifs is 1. The zero-order valence-corrected chi connectivity index (χ0v) is 14.5. The molecule has 122 valence electrons. The Bertz CT molecular complexity index is 703. The third kappa shape index (κ3) is 4.34. The Hall–Kier alpha value is -1.84. The van der Waals surface area contributed by atoms with Crippen LogP contribution in [0.1, 0.15) is 46.7 Å². The second-order valence-electron chi connectivity index (χ2n) is 6.74. The van der Waals surface area contributed by atoms with Crippen LogP contribution in [0, 0.1) is 17.2 Å². The number of aromatic nitrogens is 2. The van der Waals surface area contributed by atoms with Crippen molar-refractivity contribution < 1.29 is 9.31 Å². The lowest BCUT2D eigenvalue weighted by Gasteiger charge is -2.28. The largest absolute Gasteiger partial charge is 0.495 e. The number of hydrogen-bond acceptors (Lipinski definition) is 4. The molecule has 0 saturated heterocycles. The Morgan fingerprint density at radius 3 is 2.74 bits per heavy atom. The lowest BCUT2D eigenvalue weighted by Crippen LogP contribution is -2.44. The molecule has 5 nitrogen and oxygen atoms in total. The van der Waals surface area contributed by atoms with E-state index in [1.807, 2.05) is 18.3 Å². The summed E-state index contributed by atoms with van der Waals surface area (Å²) >= 11 is 0. The summed E-state index contributed by atoms with van der Waals surface area (Å²) in [5.74, 6) is 0.414. The molecule has 0 unspecified atom stereocenters. The lowest BCUT2D eigenvalue weighted by atomic mass is 9.78. The highest BCUT2D eigenvalue weighted by Gasteiger charge is 2.30. The van der Waals surface area contributed by atoms with Gasteiger partial charge in [0.1, 0.15) is 17.4 Å². The molecule has 0 N–H and O–H groups in total. The van der Waals surface area contributed by atoms with Crippen molar-refractivity contribution in [1.82, 2.24) is 9.38 Å². The number of nitrogens with zero attached hydrogens (tertiary/aromatic N) is 3. The van der Waals surface area contributed by atoms with Gasteiger partial charge in [-0.2, -0.15) is 5.26 Å². The first kappa shape index (κ1) is 17.5. The van der Waals surface area contributed by atoms with Crippen molar-refractivity contribution in [2.24, 2.45) is 5.92 Å². The molecule has 2 aromatic heterocycles. The molecule has 2 heterocycles. The van der Waals surface area contributed by atoms with Crippen LogP contribution in [-0.4, -0.2) is 28.7 Å². The number of imidazole rings is 1. The maximum absolute atomic E-state index is 9.18. The van der Waals surface area contributed by atoms with E-state index in [2.05, 4.69) is 45.7 Å². The van der Waals surface area contributed by atoms with Gasteiger partial charge in [0.25, 0.3) is 0 Å². The fourth-order valence-electron chi connectivity index (χ4n) is 2.07. The summed E-state index contributed by atoms with van der Waals surface area (Å²) in [4.78, 5) is 4.21. The Morgan fingerprint density at radius 2 is 2.13 bits per heavy atom. The van der Waals surface area contributed by atoms with Crippen LogP contribution in [0.3, 0.4) is 0 Å². The summed E-state index contributed by atoms with van der Waals surface area (Å²) < 4.78 is 13.9. The number of nitriles is 1. The minimum atomic E-state index is -0.467. The Labute approximate surface area is 138 Å². The standard InChI is InChI=1S/C17H24BN3O2/c1-6-17(4,5)23-18(22-12-13(2)3)14-7-8-16-20-10-15(9-19)21(16)11-14/h7-8,10-11,13H,6,12H2,1-5H3. The Morgan fingerprint density at radius 1 is 1.39 bits per heavy atom. The molecule has 0 radical (unpaired) electrons. The molecule has 0 spiro atoms. The fraction of sp³-hybridized carbons (Fsp3) is 0.529. The molecule has 0 saturated carbocycles. The van der Waals surface area contributed by atoms with Crippen LogP contribution in [0.5, 0.6) is 0 Å². The van der Waals surface area contributed by atoms with E-state index in [4.69, 9.17) is 9.31 Å². The minimum absolute atomic E-state index is 0.288. The predicted molar refractivity (Wildman–Crippen MR) is 91.5 cm³/mol. The van der Waals surface area contributed by atoms with Crippen LogP contribution in [0.25, 0.3) is 5.65 Å². The first-order valence-corrected chi connectivity index (χ1v) is 8.03. The van der Waals surface area contributed by atoms with E-state index in [0.29, 0.717) is 18.2 Å². The van der Waals surface area contributed by atoms with Crippen molar-refractivity contribution in [2.75, 3.05) is 6.61 Å². The molecule has 0 aliphatic heterocycles. The zero-order valence-electron chi connectivity index (χ0n) is 14.5. The molecule has 0 amide bonds. The van der Waals surface area contributed by atoms with Crippen molar-refractivity contribution in [1.29, 1.82) is 5.26 Å². The monoisotopic (exact) mass is 313 g/mol. The average molecular weight is 313 g/mol. The van der Waals surface area contributed by atoms with E-state index in [1.54, 1.807) is 10.6 Å². The SMILES string of the molecule is CCC(C)(C)OB(OCC(C)C)c1ccc2ncc(C#N)n2c1. The van der Waals surface area contributed by atoms with Gasteiger partial charge in [-0.25, -0.2) is 4.98 Å². The van der Waals surface area contributed by atoms with Crippen LogP contribution in [-0.2, 0) is 9.31 Å². The van der Waals surface area contributed by atoms with E-state index < -0.39 is 7.12 Å². The molecule has 0 aliphatic rings. The first-order chi connectivity index (χ1) is 10.9. The number of pyridine rings is 1. The molecule has 2 rings (SSSR count). The molecule has 6 heteroatoms. The van der Waals surface area contributed by atoms with E-state index in [0.717, 1.165) is 17.5 Å². The van der Waals surface area contributed by atoms with Crippen LogP contribution in [0.4, 0.5) is 0 Å². The fourth-order valence-corrected chi connectivity index (χ4v) is 2.07. The van der Waals surface area contributed by atoms with Crippen molar-refractivity contribution in [3.8, 4) is 6.07 Å². The Kier molecular flexibility index (Phi) is 5.45. The molecule has 0 fully saturated rings. The summed E-state index contributed by atoms with van der Waals surface area (Å²) in [6.45, 7) is 11.0. The maximum atomic E-state index is 9.18. The van der Waals surface area contributed by atoms with Crippen LogP contribution in [0.2, 0.25) is 0 Å². The molecular formula is C17H24BN3O2. The highest BCUT2D eigenvalue weighted by atomic mass is 16.6. The molecule has 0 aliphatic carbocycles. The molecular weight excluding hydrogens is 289 g/mol. The molecule has 0 aromatic carbocycles. The summed E-state index contributed by atoms with van der Waals surface area (Å²) in [6, 6.07) is 5.97. The van der Waals surface area contributed by atoms with Crippen molar-refractivity contribution >= 4 is 18.2 Å². The highest BCUT2D eigenvalue weighted by molar-refractivity contribution is 6.61. The van der Waals surface area contributed by atoms with Gasteiger partial charge in [0.15, 0.2) is 0 Å². The highest BCUT2D eigenvalue weighted by Crippen LogP contribution is 2.16. The van der Waals surface area contributed by atoms with Gasteiger partial charge in [-0.1, -0.05) is 26.8 Å². The van der Waals surface area contributed by atoms with Gasteiger partial charge < -0.3 is 9.31 Å². The van der Waals surface area contributed by atoms with Crippen molar-refractivity contribution in [2.45, 2.75) is 46.6 Å². The lowest BCUT2D eigenvalue weighted by molar-refractivity contribution is 0.0649. The van der Waals surface area contributed by atoms with E-state index in [-0.39, 0.29) is 5.60 Å². The summed E-state index contributed by atoms with van der Waals surface area (Å²) in [6.07, 6.45) is 4.32. The third-order valence-electron chi connectivity index (χ3n) is 3.77. The van der Waals surface area contributed by atoms with Crippen molar-refractivity contribution in [3.05, 3.63) is 30.2 Å². The van der Waals surface area contributed by atoms with Gasteiger partial charge in [-0.3, -0.25) is 4.40 Å².